The first-order valence-electron chi connectivity index (χ1n) is 20.5. The Kier molecular flexibility index (Phi) is 16.2. The predicted molar refractivity (Wildman–Crippen MR) is 217 cm³/mol. The Morgan fingerprint density at radius 2 is 0.927 bits per heavy atom. The molecular formula is C40H62N8O5S2. The van der Waals surface area contributed by atoms with E-state index in [4.69, 9.17) is 16.2 Å². The van der Waals surface area contributed by atoms with Crippen LogP contribution in [0, 0.1) is 11.8 Å². The topological polar surface area (TPSA) is 167 Å². The number of ether oxygens (including phenoxy) is 1. The number of thiophene rings is 2. The maximum atomic E-state index is 12.8. The lowest BCUT2D eigenvalue weighted by Crippen LogP contribution is -2.44. The smallest absolute Gasteiger partial charge is 0.220 e. The lowest BCUT2D eigenvalue weighted by Gasteiger charge is -2.37. The zero-order chi connectivity index (χ0) is 38.6. The Morgan fingerprint density at radius 1 is 0.564 bits per heavy atom. The minimum Gasteiger partial charge on any atom is -0.375 e. The van der Waals surface area contributed by atoms with Gasteiger partial charge < -0.3 is 36.6 Å². The van der Waals surface area contributed by atoms with Crippen LogP contribution in [0.5, 0.6) is 0 Å². The van der Waals surface area contributed by atoms with E-state index in [1.54, 1.807) is 22.7 Å². The zero-order valence-electron chi connectivity index (χ0n) is 32.4. The second kappa shape index (κ2) is 21.2. The molecule has 13 nitrogen and oxygen atoms in total. The van der Waals surface area contributed by atoms with Crippen molar-refractivity contribution in [3.05, 3.63) is 43.8 Å². The molecule has 0 radical (unpaired) electrons. The number of carbonyl (C=O) groups excluding carboxylic acids is 4. The summed E-state index contributed by atoms with van der Waals surface area (Å²) in [4.78, 5) is 62.1. The van der Waals surface area contributed by atoms with Gasteiger partial charge in [0.2, 0.25) is 11.8 Å². The summed E-state index contributed by atoms with van der Waals surface area (Å²) in [6.45, 7) is 13.4. The normalized spacial score (nSPS) is 20.9. The maximum absolute atomic E-state index is 12.8. The molecule has 6 heterocycles. The first-order valence-corrected chi connectivity index (χ1v) is 22.1. The maximum Gasteiger partial charge on any atom is 0.220 e. The van der Waals surface area contributed by atoms with E-state index in [0.717, 1.165) is 153 Å². The van der Waals surface area contributed by atoms with Gasteiger partial charge in [-0.1, -0.05) is 0 Å². The van der Waals surface area contributed by atoms with Crippen LogP contribution in [-0.4, -0.2) is 147 Å². The molecule has 2 aromatic rings. The number of ketones is 2. The van der Waals surface area contributed by atoms with Gasteiger partial charge in [0.15, 0.2) is 11.6 Å². The number of nitrogens with one attached hydrogen (secondary N) is 2. The highest BCUT2D eigenvalue weighted by atomic mass is 32.1. The standard InChI is InChI=1S/C40H62N8O5S2/c41-39(51)29-5-15-47(16-6-29)27-33-1-3-37(54-33)35(49)25-43-13-23-45-19-9-31(10-20-45)53-32-11-21-46(22-12-32)24-14-44-26-36(50)38-4-2-34(55-38)28-48-17-7-30(8-18-48)40(42)52/h1-4,29-32,43-44H,5-28H2,(H2,41,51)(H2,42,52). The van der Waals surface area contributed by atoms with E-state index in [1.807, 2.05) is 12.1 Å². The molecule has 4 fully saturated rings. The highest BCUT2D eigenvalue weighted by Crippen LogP contribution is 2.25. The van der Waals surface area contributed by atoms with Gasteiger partial charge in [0.25, 0.3) is 0 Å². The van der Waals surface area contributed by atoms with E-state index in [1.165, 1.54) is 9.75 Å². The first kappa shape index (κ1) is 42.0. The second-order valence-electron chi connectivity index (χ2n) is 15.9. The summed E-state index contributed by atoms with van der Waals surface area (Å²) in [6.07, 6.45) is 8.12. The summed E-state index contributed by atoms with van der Waals surface area (Å²) in [6, 6.07) is 8.01. The molecule has 4 saturated heterocycles. The third-order valence-corrected chi connectivity index (χ3v) is 14.1. The molecule has 304 valence electrons. The van der Waals surface area contributed by atoms with Crippen LogP contribution in [0.4, 0.5) is 0 Å². The Hall–Kier alpha value is -2.60. The molecule has 55 heavy (non-hydrogen) atoms. The molecule has 6 N–H and O–H groups in total. The molecule has 4 aliphatic heterocycles. The number of amides is 2. The molecule has 0 spiro atoms. The summed E-state index contributed by atoms with van der Waals surface area (Å²) >= 11 is 3.16. The van der Waals surface area contributed by atoms with Crippen LogP contribution >= 0.6 is 22.7 Å². The van der Waals surface area contributed by atoms with E-state index in [2.05, 4.69) is 42.4 Å². The molecule has 0 unspecified atom stereocenters. The number of nitrogens with two attached hydrogens (primary N) is 2. The van der Waals surface area contributed by atoms with Crippen molar-refractivity contribution < 1.29 is 23.9 Å². The van der Waals surface area contributed by atoms with Crippen LogP contribution in [0.25, 0.3) is 0 Å². The Bertz CT molecular complexity index is 1420. The minimum atomic E-state index is -0.190. The van der Waals surface area contributed by atoms with Crippen molar-refractivity contribution in [2.45, 2.75) is 76.7 Å². The molecule has 2 aromatic heterocycles. The fraction of sp³-hybridized carbons (Fsp3) is 0.700. The largest absolute Gasteiger partial charge is 0.375 e. The number of likely N-dealkylation sites (tertiary alicyclic amines) is 4. The molecule has 4 aliphatic rings. The summed E-state index contributed by atoms with van der Waals surface area (Å²) in [5.74, 6) is -0.102. The van der Waals surface area contributed by atoms with Crippen LogP contribution in [0.2, 0.25) is 0 Å². The number of piperidine rings is 4. The summed E-state index contributed by atoms with van der Waals surface area (Å²) < 4.78 is 6.55. The van der Waals surface area contributed by atoms with Crippen LogP contribution in [-0.2, 0) is 27.4 Å². The Morgan fingerprint density at radius 3 is 1.29 bits per heavy atom. The molecular weight excluding hydrogens is 737 g/mol. The van der Waals surface area contributed by atoms with E-state index >= 15 is 0 Å². The summed E-state index contributed by atoms with van der Waals surface area (Å²) in [5.41, 5.74) is 10.9. The van der Waals surface area contributed by atoms with E-state index in [0.29, 0.717) is 25.3 Å². The summed E-state index contributed by atoms with van der Waals surface area (Å²) in [7, 11) is 0. The van der Waals surface area contributed by atoms with Crippen LogP contribution in [0.1, 0.15) is 80.5 Å². The first-order chi connectivity index (χ1) is 26.7. The number of hydrogen-bond donors (Lipinski definition) is 4. The molecule has 0 bridgehead atoms. The average Bonchev–Trinajstić information content (AvgIpc) is 3.87. The van der Waals surface area contributed by atoms with Gasteiger partial charge >= 0.3 is 0 Å². The van der Waals surface area contributed by atoms with Crippen molar-refractivity contribution in [1.82, 2.24) is 30.2 Å². The molecule has 0 saturated carbocycles. The molecule has 15 heteroatoms. The Labute approximate surface area is 334 Å². The van der Waals surface area contributed by atoms with Gasteiger partial charge in [0.05, 0.1) is 35.1 Å². The highest BCUT2D eigenvalue weighted by Gasteiger charge is 2.27. The van der Waals surface area contributed by atoms with E-state index in [9.17, 15) is 19.2 Å². The summed E-state index contributed by atoms with van der Waals surface area (Å²) in [5, 5.41) is 6.72. The van der Waals surface area contributed by atoms with Gasteiger partial charge in [-0.25, -0.2) is 0 Å². The third kappa shape index (κ3) is 13.2. The van der Waals surface area contributed by atoms with Crippen LogP contribution < -0.4 is 22.1 Å². The molecule has 6 rings (SSSR count). The average molecular weight is 799 g/mol. The van der Waals surface area contributed by atoms with Gasteiger partial charge in [0.1, 0.15) is 0 Å². The SMILES string of the molecule is NC(=O)C1CCN(Cc2ccc(C(=O)CNCCN3CCC(OC4CCN(CCNCC(=O)c5ccc(CN6CCC(C(N)=O)CC6)s5)CC4)CC3)s2)CC1. The monoisotopic (exact) mass is 798 g/mol. The van der Waals surface area contributed by atoms with Crippen molar-refractivity contribution in [1.29, 1.82) is 0 Å². The van der Waals surface area contributed by atoms with Crippen LogP contribution in [0.3, 0.4) is 0 Å². The highest BCUT2D eigenvalue weighted by molar-refractivity contribution is 7.14. The fourth-order valence-corrected chi connectivity index (χ4v) is 10.3. The molecule has 0 aromatic carbocycles. The number of hydrogen-bond acceptors (Lipinski definition) is 13. The van der Waals surface area contributed by atoms with Gasteiger partial charge in [-0.3, -0.25) is 29.0 Å². The second-order valence-corrected chi connectivity index (χ2v) is 18.2. The minimum absolute atomic E-state index is 0.00449. The number of nitrogens with zero attached hydrogens (tertiary/aromatic N) is 4. The van der Waals surface area contributed by atoms with Crippen molar-refractivity contribution in [2.24, 2.45) is 23.3 Å². The van der Waals surface area contributed by atoms with Crippen LogP contribution in [0.15, 0.2) is 24.3 Å². The van der Waals surface area contributed by atoms with Crippen molar-refractivity contribution in [3.63, 3.8) is 0 Å². The number of carbonyl (C=O) groups is 4. The van der Waals surface area contributed by atoms with Gasteiger partial charge in [-0.15, -0.1) is 22.7 Å². The van der Waals surface area contributed by atoms with E-state index in [-0.39, 0.29) is 35.2 Å². The number of rotatable bonds is 20. The predicted octanol–water partition coefficient (Wildman–Crippen LogP) is 2.39. The fourth-order valence-electron chi connectivity index (χ4n) is 8.28. The van der Waals surface area contributed by atoms with Gasteiger partial charge in [0, 0.05) is 87.0 Å². The van der Waals surface area contributed by atoms with Crippen molar-refractivity contribution >= 4 is 46.1 Å². The van der Waals surface area contributed by atoms with Gasteiger partial charge in [-0.2, -0.15) is 0 Å². The quantitative estimate of drug-likeness (QED) is 0.115. The Balaban J connectivity index is 0.760. The third-order valence-electron chi connectivity index (χ3n) is 11.8. The molecule has 2 amide bonds. The zero-order valence-corrected chi connectivity index (χ0v) is 34.0. The van der Waals surface area contributed by atoms with E-state index < -0.39 is 0 Å². The lowest BCUT2D eigenvalue weighted by molar-refractivity contribution is -0.124. The van der Waals surface area contributed by atoms with Crippen molar-refractivity contribution in [3.8, 4) is 0 Å². The van der Waals surface area contributed by atoms with Gasteiger partial charge in [-0.05, 0) is 102 Å². The lowest BCUT2D eigenvalue weighted by atomic mass is 9.96. The molecule has 0 atom stereocenters. The number of primary amides is 2. The molecule has 0 aliphatic carbocycles. The number of Topliss-reactive ketones (excluding diaryl/α,β-unsaturated/α-hetero) is 2. The van der Waals surface area contributed by atoms with Crippen molar-refractivity contribution in [2.75, 3.05) is 91.6 Å².